The Morgan fingerprint density at radius 3 is 2.89 bits per heavy atom. The standard InChI is InChI=1S/C16H19N9OS2/c1-2-27-16-23-22-15(28-16)19-14(26)11-4-3-7-24(8-11)12-5-6-13(21-20-12)25-10-17-9-18-25/h5-6,9-11H,2-4,7-8H2,1H3,(H,19,22,26)/t11-/m1/s1. The zero-order valence-corrected chi connectivity index (χ0v) is 16.9. The first-order chi connectivity index (χ1) is 13.7. The number of aromatic nitrogens is 7. The highest BCUT2D eigenvalue weighted by molar-refractivity contribution is 8.01. The molecule has 1 aliphatic rings. The Hall–Kier alpha value is -2.60. The number of rotatable bonds is 6. The highest BCUT2D eigenvalue weighted by atomic mass is 32.2. The Morgan fingerprint density at radius 2 is 2.14 bits per heavy atom. The molecule has 146 valence electrons. The number of thioether (sulfide) groups is 1. The predicted molar refractivity (Wildman–Crippen MR) is 107 cm³/mol. The molecule has 10 nitrogen and oxygen atoms in total. The van der Waals surface area contributed by atoms with Crippen LogP contribution in [0.15, 0.2) is 29.1 Å². The van der Waals surface area contributed by atoms with E-state index in [9.17, 15) is 4.79 Å². The first-order valence-corrected chi connectivity index (χ1v) is 10.7. The van der Waals surface area contributed by atoms with Crippen molar-refractivity contribution in [2.24, 2.45) is 5.92 Å². The van der Waals surface area contributed by atoms with Crippen molar-refractivity contribution in [3.63, 3.8) is 0 Å². The van der Waals surface area contributed by atoms with Gasteiger partial charge in [0.2, 0.25) is 11.0 Å². The van der Waals surface area contributed by atoms with Gasteiger partial charge in [-0.25, -0.2) is 9.67 Å². The van der Waals surface area contributed by atoms with Gasteiger partial charge in [0, 0.05) is 13.1 Å². The van der Waals surface area contributed by atoms with Crippen LogP contribution in [0.4, 0.5) is 10.9 Å². The monoisotopic (exact) mass is 417 g/mol. The van der Waals surface area contributed by atoms with E-state index in [2.05, 4.69) is 47.6 Å². The minimum absolute atomic E-state index is 0.0268. The summed E-state index contributed by atoms with van der Waals surface area (Å²) in [7, 11) is 0. The van der Waals surface area contributed by atoms with Crippen LogP contribution in [0.3, 0.4) is 0 Å². The van der Waals surface area contributed by atoms with Crippen LogP contribution in [0.1, 0.15) is 19.8 Å². The summed E-state index contributed by atoms with van der Waals surface area (Å²) in [5.74, 6) is 2.12. The number of hydrogen-bond donors (Lipinski definition) is 1. The molecule has 0 aliphatic carbocycles. The predicted octanol–water partition coefficient (Wildman–Crippen LogP) is 1.88. The van der Waals surface area contributed by atoms with Crippen LogP contribution >= 0.6 is 23.1 Å². The molecule has 28 heavy (non-hydrogen) atoms. The maximum absolute atomic E-state index is 12.7. The Labute approximate surface area is 169 Å². The van der Waals surface area contributed by atoms with Crippen LogP contribution in [0.2, 0.25) is 0 Å². The van der Waals surface area contributed by atoms with E-state index in [0.717, 1.165) is 35.3 Å². The molecule has 1 atom stereocenters. The van der Waals surface area contributed by atoms with Gasteiger partial charge in [-0.15, -0.1) is 20.4 Å². The largest absolute Gasteiger partial charge is 0.354 e. The SMILES string of the molecule is CCSc1nnc(NC(=O)[C@@H]2CCCN(c3ccc(-n4cncn4)nn3)C2)s1. The van der Waals surface area contributed by atoms with Crippen molar-refractivity contribution < 1.29 is 4.79 Å². The summed E-state index contributed by atoms with van der Waals surface area (Å²) in [6, 6.07) is 3.73. The molecule has 3 aromatic rings. The summed E-state index contributed by atoms with van der Waals surface area (Å²) in [6.45, 7) is 3.50. The lowest BCUT2D eigenvalue weighted by Crippen LogP contribution is -2.41. The number of carbonyl (C=O) groups excluding carboxylic acids is 1. The third-order valence-corrected chi connectivity index (χ3v) is 6.16. The molecule has 0 spiro atoms. The third-order valence-electron chi connectivity index (χ3n) is 4.31. The highest BCUT2D eigenvalue weighted by Gasteiger charge is 2.27. The molecule has 1 fully saturated rings. The molecule has 1 N–H and O–H groups in total. The van der Waals surface area contributed by atoms with Crippen molar-refractivity contribution in [2.75, 3.05) is 29.1 Å². The number of carbonyl (C=O) groups is 1. The summed E-state index contributed by atoms with van der Waals surface area (Å²) in [5.41, 5.74) is 0. The summed E-state index contributed by atoms with van der Waals surface area (Å²) < 4.78 is 2.42. The Morgan fingerprint density at radius 1 is 1.29 bits per heavy atom. The lowest BCUT2D eigenvalue weighted by molar-refractivity contribution is -0.120. The Balaban J connectivity index is 1.38. The van der Waals surface area contributed by atoms with Gasteiger partial charge in [-0.2, -0.15) is 5.10 Å². The third kappa shape index (κ3) is 4.28. The van der Waals surface area contributed by atoms with Crippen LogP contribution in [0, 0.1) is 5.92 Å². The number of nitrogens with zero attached hydrogens (tertiary/aromatic N) is 8. The van der Waals surface area contributed by atoms with E-state index < -0.39 is 0 Å². The van der Waals surface area contributed by atoms with E-state index in [1.807, 2.05) is 12.1 Å². The summed E-state index contributed by atoms with van der Waals surface area (Å²) in [6.07, 6.45) is 4.77. The number of amides is 1. The molecule has 12 heteroatoms. The van der Waals surface area contributed by atoms with Crippen molar-refractivity contribution in [2.45, 2.75) is 24.1 Å². The molecule has 1 aliphatic heterocycles. The van der Waals surface area contributed by atoms with E-state index >= 15 is 0 Å². The zero-order chi connectivity index (χ0) is 19.3. The topological polar surface area (TPSA) is 115 Å². The summed E-state index contributed by atoms with van der Waals surface area (Å²) in [5, 5.41) is 24.1. The smallest absolute Gasteiger partial charge is 0.231 e. The van der Waals surface area contributed by atoms with Gasteiger partial charge in [0.05, 0.1) is 5.92 Å². The van der Waals surface area contributed by atoms with Gasteiger partial charge < -0.3 is 10.2 Å². The molecule has 3 aromatic heterocycles. The molecular formula is C16H19N9OS2. The summed E-state index contributed by atoms with van der Waals surface area (Å²) in [4.78, 5) is 18.7. The second kappa shape index (κ2) is 8.61. The van der Waals surface area contributed by atoms with Crippen molar-refractivity contribution in [1.82, 2.24) is 35.2 Å². The second-order valence-corrected chi connectivity index (χ2v) is 8.66. The molecular weight excluding hydrogens is 398 g/mol. The molecule has 1 amide bonds. The van der Waals surface area contributed by atoms with E-state index in [4.69, 9.17) is 0 Å². The fraction of sp³-hybridized carbons (Fsp3) is 0.438. The zero-order valence-electron chi connectivity index (χ0n) is 15.2. The number of anilines is 2. The van der Waals surface area contributed by atoms with Gasteiger partial charge in [0.25, 0.3) is 0 Å². The van der Waals surface area contributed by atoms with Crippen molar-refractivity contribution in [3.8, 4) is 5.82 Å². The molecule has 4 rings (SSSR count). The van der Waals surface area contributed by atoms with Crippen molar-refractivity contribution in [3.05, 3.63) is 24.8 Å². The average molecular weight is 418 g/mol. The van der Waals surface area contributed by atoms with Gasteiger partial charge >= 0.3 is 0 Å². The maximum atomic E-state index is 12.7. The lowest BCUT2D eigenvalue weighted by atomic mass is 9.97. The van der Waals surface area contributed by atoms with Crippen LogP contribution in [-0.2, 0) is 4.79 Å². The quantitative estimate of drug-likeness (QED) is 0.474. The molecule has 0 saturated carbocycles. The number of piperidine rings is 1. The Kier molecular flexibility index (Phi) is 5.76. The Bertz CT molecular complexity index is 913. The lowest BCUT2D eigenvalue weighted by Gasteiger charge is -2.32. The van der Waals surface area contributed by atoms with E-state index in [1.54, 1.807) is 22.8 Å². The van der Waals surface area contributed by atoms with Crippen molar-refractivity contribution >= 4 is 40.0 Å². The first-order valence-electron chi connectivity index (χ1n) is 8.94. The van der Waals surface area contributed by atoms with Crippen LogP contribution < -0.4 is 10.2 Å². The fourth-order valence-electron chi connectivity index (χ4n) is 2.98. The molecule has 0 unspecified atom stereocenters. The maximum Gasteiger partial charge on any atom is 0.231 e. The minimum Gasteiger partial charge on any atom is -0.354 e. The highest BCUT2D eigenvalue weighted by Crippen LogP contribution is 2.27. The normalized spacial score (nSPS) is 16.9. The number of nitrogens with one attached hydrogen (secondary N) is 1. The van der Waals surface area contributed by atoms with E-state index in [0.29, 0.717) is 17.5 Å². The number of hydrogen-bond acceptors (Lipinski definition) is 10. The second-order valence-electron chi connectivity index (χ2n) is 6.17. The van der Waals surface area contributed by atoms with E-state index in [-0.39, 0.29) is 11.8 Å². The molecule has 0 radical (unpaired) electrons. The van der Waals surface area contributed by atoms with Gasteiger partial charge in [0.1, 0.15) is 12.7 Å². The van der Waals surface area contributed by atoms with Gasteiger partial charge in [0.15, 0.2) is 16.0 Å². The minimum atomic E-state index is -0.128. The van der Waals surface area contributed by atoms with Gasteiger partial charge in [-0.3, -0.25) is 4.79 Å². The summed E-state index contributed by atoms with van der Waals surface area (Å²) >= 11 is 3.02. The van der Waals surface area contributed by atoms with E-state index in [1.165, 1.54) is 17.7 Å². The van der Waals surface area contributed by atoms with Gasteiger partial charge in [-0.1, -0.05) is 30.0 Å². The molecule has 4 heterocycles. The van der Waals surface area contributed by atoms with Gasteiger partial charge in [-0.05, 0) is 30.7 Å². The average Bonchev–Trinajstić information content (AvgIpc) is 3.41. The molecule has 0 bridgehead atoms. The van der Waals surface area contributed by atoms with Crippen molar-refractivity contribution in [1.29, 1.82) is 0 Å². The van der Waals surface area contributed by atoms with Crippen LogP contribution in [0.25, 0.3) is 5.82 Å². The molecule has 0 aromatic carbocycles. The fourth-order valence-corrected chi connectivity index (χ4v) is 4.64. The first kappa shape index (κ1) is 18.7. The van der Waals surface area contributed by atoms with Crippen LogP contribution in [-0.4, -0.2) is 59.9 Å². The van der Waals surface area contributed by atoms with Crippen LogP contribution in [0.5, 0.6) is 0 Å². The molecule has 1 saturated heterocycles.